The fraction of sp³-hybridized carbons (Fsp3) is 0.474. The summed E-state index contributed by atoms with van der Waals surface area (Å²) in [5.41, 5.74) is 1.83. The Balaban J connectivity index is 2.07. The van der Waals surface area contributed by atoms with Gasteiger partial charge < -0.3 is 19.9 Å². The normalized spacial score (nSPS) is 19.6. The van der Waals surface area contributed by atoms with Crippen molar-refractivity contribution in [2.45, 2.75) is 32.4 Å². The minimum Gasteiger partial charge on any atom is -0.380 e. The van der Waals surface area contributed by atoms with E-state index < -0.39 is 6.04 Å². The van der Waals surface area contributed by atoms with Gasteiger partial charge in [-0.25, -0.2) is 0 Å². The summed E-state index contributed by atoms with van der Waals surface area (Å²) in [6.45, 7) is 9.99. The van der Waals surface area contributed by atoms with Crippen molar-refractivity contribution in [2.24, 2.45) is 0 Å². The van der Waals surface area contributed by atoms with E-state index in [1.54, 1.807) is 7.11 Å². The van der Waals surface area contributed by atoms with Gasteiger partial charge in [0.05, 0.1) is 6.10 Å². The van der Waals surface area contributed by atoms with Crippen LogP contribution in [0, 0.1) is 0 Å². The number of rotatable bonds is 7. The maximum absolute atomic E-state index is 12.6. The van der Waals surface area contributed by atoms with E-state index in [0.29, 0.717) is 18.7 Å². The molecule has 1 fully saturated rings. The van der Waals surface area contributed by atoms with Crippen LogP contribution in [-0.4, -0.2) is 55.6 Å². The number of hydrogen-bond acceptors (Lipinski definition) is 4. The van der Waals surface area contributed by atoms with Crippen molar-refractivity contribution >= 4 is 23.2 Å². The number of carbonyl (C=O) groups is 2. The third-order valence-corrected chi connectivity index (χ3v) is 4.62. The van der Waals surface area contributed by atoms with E-state index in [1.807, 2.05) is 24.3 Å². The minimum absolute atomic E-state index is 0.135. The highest BCUT2D eigenvalue weighted by atomic mass is 16.5. The lowest BCUT2D eigenvalue weighted by atomic mass is 10.1. The Morgan fingerprint density at radius 2 is 1.96 bits per heavy atom. The lowest BCUT2D eigenvalue weighted by molar-refractivity contribution is -0.132. The Hall–Kier alpha value is -2.34. The van der Waals surface area contributed by atoms with Gasteiger partial charge in [-0.3, -0.25) is 9.59 Å². The molecule has 136 valence electrons. The quantitative estimate of drug-likeness (QED) is 0.770. The number of hydrogen-bond donors (Lipinski definition) is 1. The summed E-state index contributed by atoms with van der Waals surface area (Å²) in [5, 5.41) is 2.90. The zero-order valence-electron chi connectivity index (χ0n) is 15.2. The van der Waals surface area contributed by atoms with Crippen molar-refractivity contribution in [1.82, 2.24) is 4.90 Å². The molecule has 0 aromatic heterocycles. The zero-order chi connectivity index (χ0) is 18.4. The van der Waals surface area contributed by atoms with Gasteiger partial charge in [-0.05, 0) is 44.2 Å². The standard InChI is InChI=1S/C19H27N3O3/c1-5-18(23)22-13-16(25-4)12-17(22)19(24)20-14-8-10-15(11-9-14)21(6-2)7-3/h5,8-11,16-17H,1,6-7,12-13H2,2-4H3,(H,20,24)/t16-,17-/m0/s1. The van der Waals surface area contributed by atoms with Crippen LogP contribution in [0.15, 0.2) is 36.9 Å². The van der Waals surface area contributed by atoms with Crippen molar-refractivity contribution in [1.29, 1.82) is 0 Å². The van der Waals surface area contributed by atoms with Gasteiger partial charge in [-0.2, -0.15) is 0 Å². The Morgan fingerprint density at radius 1 is 1.32 bits per heavy atom. The van der Waals surface area contributed by atoms with E-state index >= 15 is 0 Å². The molecule has 1 saturated heterocycles. The van der Waals surface area contributed by atoms with Crippen LogP contribution in [0.1, 0.15) is 20.3 Å². The van der Waals surface area contributed by atoms with Crippen LogP contribution in [0.4, 0.5) is 11.4 Å². The number of anilines is 2. The van der Waals surface area contributed by atoms with Gasteiger partial charge in [-0.1, -0.05) is 6.58 Å². The number of nitrogens with zero attached hydrogens (tertiary/aromatic N) is 2. The van der Waals surface area contributed by atoms with Gasteiger partial charge in [0.2, 0.25) is 11.8 Å². The van der Waals surface area contributed by atoms with E-state index in [1.165, 1.54) is 11.0 Å². The molecule has 0 bridgehead atoms. The van der Waals surface area contributed by atoms with Gasteiger partial charge in [0, 0.05) is 44.5 Å². The molecule has 0 spiro atoms. The minimum atomic E-state index is -0.544. The third-order valence-electron chi connectivity index (χ3n) is 4.62. The molecule has 0 saturated carbocycles. The molecular formula is C19H27N3O3. The number of ether oxygens (including phenoxy) is 1. The summed E-state index contributed by atoms with van der Waals surface area (Å²) in [4.78, 5) is 28.4. The van der Waals surface area contributed by atoms with Crippen LogP contribution >= 0.6 is 0 Å². The monoisotopic (exact) mass is 345 g/mol. The molecule has 1 heterocycles. The predicted octanol–water partition coefficient (Wildman–Crippen LogP) is 2.27. The second-order valence-electron chi connectivity index (χ2n) is 6.01. The first-order chi connectivity index (χ1) is 12.0. The second kappa shape index (κ2) is 8.67. The summed E-state index contributed by atoms with van der Waals surface area (Å²) in [5.74, 6) is -0.457. The van der Waals surface area contributed by atoms with E-state index in [9.17, 15) is 9.59 Å². The van der Waals surface area contributed by atoms with Gasteiger partial charge in [0.1, 0.15) is 6.04 Å². The highest BCUT2D eigenvalue weighted by Gasteiger charge is 2.38. The predicted molar refractivity (Wildman–Crippen MR) is 99.7 cm³/mol. The number of amides is 2. The third kappa shape index (κ3) is 4.39. The molecule has 1 aliphatic rings. The first-order valence-electron chi connectivity index (χ1n) is 8.65. The maximum Gasteiger partial charge on any atom is 0.247 e. The Bertz CT molecular complexity index is 611. The first-order valence-corrected chi connectivity index (χ1v) is 8.65. The molecule has 6 heteroatoms. The fourth-order valence-corrected chi connectivity index (χ4v) is 3.15. The second-order valence-corrected chi connectivity index (χ2v) is 6.01. The van der Waals surface area contributed by atoms with E-state index in [0.717, 1.165) is 18.8 Å². The van der Waals surface area contributed by atoms with Crippen molar-refractivity contribution in [3.63, 3.8) is 0 Å². The summed E-state index contributed by atoms with van der Waals surface area (Å²) in [6, 6.07) is 7.20. The number of benzene rings is 1. The van der Waals surface area contributed by atoms with E-state index in [4.69, 9.17) is 4.74 Å². The van der Waals surface area contributed by atoms with Crippen molar-refractivity contribution in [3.8, 4) is 0 Å². The molecule has 2 atom stereocenters. The molecule has 1 aliphatic heterocycles. The van der Waals surface area contributed by atoms with Crippen LogP contribution in [-0.2, 0) is 14.3 Å². The molecule has 6 nitrogen and oxygen atoms in total. The van der Waals surface area contributed by atoms with Crippen LogP contribution in [0.2, 0.25) is 0 Å². The summed E-state index contributed by atoms with van der Waals surface area (Å²) >= 11 is 0. The maximum atomic E-state index is 12.6. The van der Waals surface area contributed by atoms with Crippen LogP contribution in [0.5, 0.6) is 0 Å². The Morgan fingerprint density at radius 3 is 2.48 bits per heavy atom. The molecule has 25 heavy (non-hydrogen) atoms. The van der Waals surface area contributed by atoms with Crippen molar-refractivity contribution in [3.05, 3.63) is 36.9 Å². The number of likely N-dealkylation sites (tertiary alicyclic amines) is 1. The van der Waals surface area contributed by atoms with Crippen LogP contribution < -0.4 is 10.2 Å². The lowest BCUT2D eigenvalue weighted by Gasteiger charge is -2.23. The van der Waals surface area contributed by atoms with E-state index in [2.05, 4.69) is 30.6 Å². The largest absolute Gasteiger partial charge is 0.380 e. The molecule has 2 amide bonds. The molecule has 1 aromatic carbocycles. The lowest BCUT2D eigenvalue weighted by Crippen LogP contribution is -2.42. The Labute approximate surface area is 149 Å². The van der Waals surface area contributed by atoms with Gasteiger partial charge in [0.25, 0.3) is 0 Å². The number of nitrogens with one attached hydrogen (secondary N) is 1. The SMILES string of the molecule is C=CC(=O)N1C[C@@H](OC)C[C@H]1C(=O)Nc1ccc(N(CC)CC)cc1. The van der Waals surface area contributed by atoms with Crippen LogP contribution in [0.25, 0.3) is 0 Å². The summed E-state index contributed by atoms with van der Waals surface area (Å²) in [6.07, 6.45) is 1.58. The molecule has 1 aromatic rings. The van der Waals surface area contributed by atoms with Crippen molar-refractivity contribution < 1.29 is 14.3 Å². The first kappa shape index (κ1) is 19.0. The molecule has 0 radical (unpaired) electrons. The fourth-order valence-electron chi connectivity index (χ4n) is 3.15. The zero-order valence-corrected chi connectivity index (χ0v) is 15.2. The van der Waals surface area contributed by atoms with Gasteiger partial charge in [0.15, 0.2) is 0 Å². The van der Waals surface area contributed by atoms with E-state index in [-0.39, 0.29) is 17.9 Å². The van der Waals surface area contributed by atoms with Gasteiger partial charge in [-0.15, -0.1) is 0 Å². The Kier molecular flexibility index (Phi) is 6.58. The topological polar surface area (TPSA) is 61.9 Å². The van der Waals surface area contributed by atoms with Crippen LogP contribution in [0.3, 0.4) is 0 Å². The highest BCUT2D eigenvalue weighted by molar-refractivity contribution is 5.99. The van der Waals surface area contributed by atoms with Gasteiger partial charge >= 0.3 is 0 Å². The molecule has 2 rings (SSSR count). The molecule has 0 aliphatic carbocycles. The molecule has 1 N–H and O–H groups in total. The average Bonchev–Trinajstić information content (AvgIpc) is 3.08. The summed E-state index contributed by atoms with van der Waals surface area (Å²) in [7, 11) is 1.59. The molecular weight excluding hydrogens is 318 g/mol. The highest BCUT2D eigenvalue weighted by Crippen LogP contribution is 2.23. The molecule has 0 unspecified atom stereocenters. The number of carbonyl (C=O) groups excluding carboxylic acids is 2. The summed E-state index contributed by atoms with van der Waals surface area (Å²) < 4.78 is 5.32. The van der Waals surface area contributed by atoms with Crippen molar-refractivity contribution in [2.75, 3.05) is 37.0 Å². The number of methoxy groups -OCH3 is 1. The average molecular weight is 345 g/mol. The smallest absolute Gasteiger partial charge is 0.247 e.